The number of aromatic nitrogens is 1. The molecule has 0 bridgehead atoms. The molecule has 0 fully saturated rings. The quantitative estimate of drug-likeness (QED) is 0.107. The number of primary amides is 1. The summed E-state index contributed by atoms with van der Waals surface area (Å²) in [6, 6.07) is 10.5. The standard InChI is InChI=1S/C29H34N6O8/c30-19(10-11-24(31)36)26(39)33-21(12-16-6-2-1-3-7-16)27(40)34-22(28(41)35-23(29(42)43)14-25(37)38)13-17-15-32-20-9-5-4-8-18(17)20/h1-9,15,19,21-23,32H,10-14,30H2,(H2,31,36)(H,33,39)(H,34,40)(H,35,41)(H,37,38)(H,42,43). The molecule has 1 aromatic heterocycles. The van der Waals surface area contributed by atoms with E-state index < -0.39 is 66.2 Å². The van der Waals surface area contributed by atoms with Crippen LogP contribution in [0.5, 0.6) is 0 Å². The van der Waals surface area contributed by atoms with Crippen molar-refractivity contribution in [3.63, 3.8) is 0 Å². The Morgan fingerprint density at radius 3 is 1.98 bits per heavy atom. The predicted octanol–water partition coefficient (Wildman–Crippen LogP) is -0.440. The van der Waals surface area contributed by atoms with E-state index in [2.05, 4.69) is 20.9 Å². The first kappa shape index (κ1) is 32.3. The van der Waals surface area contributed by atoms with Crippen LogP contribution in [0.15, 0.2) is 60.8 Å². The molecule has 3 rings (SSSR count). The Bertz CT molecular complexity index is 1470. The molecule has 14 nitrogen and oxygen atoms in total. The number of carboxylic acid groups (broad SMARTS) is 2. The summed E-state index contributed by atoms with van der Waals surface area (Å²) in [6.07, 6.45) is 0.490. The molecule has 43 heavy (non-hydrogen) atoms. The molecule has 1 heterocycles. The number of aliphatic carboxylic acids is 2. The van der Waals surface area contributed by atoms with Gasteiger partial charge < -0.3 is 42.6 Å². The molecule has 4 unspecified atom stereocenters. The van der Waals surface area contributed by atoms with Crippen LogP contribution < -0.4 is 27.4 Å². The number of H-pyrrole nitrogens is 1. The zero-order valence-corrected chi connectivity index (χ0v) is 23.1. The number of hydrogen-bond donors (Lipinski definition) is 8. The van der Waals surface area contributed by atoms with Crippen molar-refractivity contribution >= 4 is 46.5 Å². The number of nitrogens with two attached hydrogens (primary N) is 2. The van der Waals surface area contributed by atoms with E-state index in [1.807, 2.05) is 12.1 Å². The fourth-order valence-corrected chi connectivity index (χ4v) is 4.42. The average molecular weight is 595 g/mol. The number of fused-ring (bicyclic) bond motifs is 1. The van der Waals surface area contributed by atoms with Crippen LogP contribution in [0.2, 0.25) is 0 Å². The zero-order chi connectivity index (χ0) is 31.5. The van der Waals surface area contributed by atoms with Crippen LogP contribution in [0, 0.1) is 0 Å². The van der Waals surface area contributed by atoms with Gasteiger partial charge in [-0.1, -0.05) is 48.5 Å². The van der Waals surface area contributed by atoms with E-state index in [0.29, 0.717) is 11.1 Å². The van der Waals surface area contributed by atoms with Crippen molar-refractivity contribution in [1.82, 2.24) is 20.9 Å². The lowest BCUT2D eigenvalue weighted by Crippen LogP contribution is -2.58. The Morgan fingerprint density at radius 2 is 1.35 bits per heavy atom. The summed E-state index contributed by atoms with van der Waals surface area (Å²) in [7, 11) is 0. The van der Waals surface area contributed by atoms with E-state index in [0.717, 1.165) is 10.9 Å². The van der Waals surface area contributed by atoms with Crippen LogP contribution in [-0.4, -0.2) is 74.9 Å². The minimum Gasteiger partial charge on any atom is -0.481 e. The fourth-order valence-electron chi connectivity index (χ4n) is 4.42. The minimum absolute atomic E-state index is 0.0130. The van der Waals surface area contributed by atoms with Gasteiger partial charge in [-0.25, -0.2) is 4.79 Å². The van der Waals surface area contributed by atoms with Gasteiger partial charge in [0.05, 0.1) is 12.5 Å². The fraction of sp³-hybridized carbons (Fsp3) is 0.310. The van der Waals surface area contributed by atoms with Crippen molar-refractivity contribution < 1.29 is 39.0 Å². The molecule has 0 saturated heterocycles. The van der Waals surface area contributed by atoms with Crippen LogP contribution in [0.1, 0.15) is 30.4 Å². The number of carbonyl (C=O) groups excluding carboxylic acids is 4. The largest absolute Gasteiger partial charge is 0.481 e. The highest BCUT2D eigenvalue weighted by Gasteiger charge is 2.32. The van der Waals surface area contributed by atoms with Crippen molar-refractivity contribution in [2.24, 2.45) is 11.5 Å². The summed E-state index contributed by atoms with van der Waals surface area (Å²) in [6.45, 7) is 0. The van der Waals surface area contributed by atoms with Crippen LogP contribution in [-0.2, 0) is 41.6 Å². The normalized spacial score (nSPS) is 13.7. The third-order valence-electron chi connectivity index (χ3n) is 6.68. The van der Waals surface area contributed by atoms with Gasteiger partial charge in [0.1, 0.15) is 18.1 Å². The third kappa shape index (κ3) is 9.67. The highest BCUT2D eigenvalue weighted by atomic mass is 16.4. The van der Waals surface area contributed by atoms with E-state index in [1.165, 1.54) is 0 Å². The number of hydrogen-bond acceptors (Lipinski definition) is 7. The minimum atomic E-state index is -1.75. The lowest BCUT2D eigenvalue weighted by Gasteiger charge is -2.25. The summed E-state index contributed by atoms with van der Waals surface area (Å²) in [5.74, 6) is -6.08. The lowest BCUT2D eigenvalue weighted by atomic mass is 10.0. The smallest absolute Gasteiger partial charge is 0.326 e. The van der Waals surface area contributed by atoms with Gasteiger partial charge in [0.25, 0.3) is 0 Å². The molecule has 4 atom stereocenters. The highest BCUT2D eigenvalue weighted by molar-refractivity contribution is 5.95. The SMILES string of the molecule is NC(=O)CCC(N)C(=O)NC(Cc1ccccc1)C(=O)NC(Cc1c[nH]c2ccccc12)C(=O)NC(CC(=O)O)C(=O)O. The predicted molar refractivity (Wildman–Crippen MR) is 154 cm³/mol. The van der Waals surface area contributed by atoms with Gasteiger partial charge in [-0.2, -0.15) is 0 Å². The van der Waals surface area contributed by atoms with Crippen LogP contribution in [0.4, 0.5) is 0 Å². The molecule has 0 aliphatic carbocycles. The highest BCUT2D eigenvalue weighted by Crippen LogP contribution is 2.19. The van der Waals surface area contributed by atoms with Crippen molar-refractivity contribution in [2.75, 3.05) is 0 Å². The van der Waals surface area contributed by atoms with Crippen LogP contribution >= 0.6 is 0 Å². The first-order chi connectivity index (χ1) is 20.4. The molecule has 2 aromatic carbocycles. The van der Waals surface area contributed by atoms with E-state index in [1.54, 1.807) is 48.7 Å². The molecule has 0 aliphatic rings. The number of nitrogens with one attached hydrogen (secondary N) is 4. The number of rotatable bonds is 16. The first-order valence-corrected chi connectivity index (χ1v) is 13.4. The monoisotopic (exact) mass is 594 g/mol. The number of aromatic amines is 1. The molecule has 0 spiro atoms. The van der Waals surface area contributed by atoms with E-state index >= 15 is 0 Å². The van der Waals surface area contributed by atoms with Gasteiger partial charge in [-0.3, -0.25) is 24.0 Å². The molecular formula is C29H34N6O8. The maximum Gasteiger partial charge on any atom is 0.326 e. The van der Waals surface area contributed by atoms with Gasteiger partial charge in [-0.05, 0) is 23.6 Å². The molecule has 3 aromatic rings. The van der Waals surface area contributed by atoms with Crippen LogP contribution in [0.25, 0.3) is 10.9 Å². The Labute approximate surface area is 246 Å². The number of carboxylic acids is 2. The molecule has 0 aliphatic heterocycles. The molecule has 4 amide bonds. The molecule has 14 heteroatoms. The van der Waals surface area contributed by atoms with E-state index in [9.17, 15) is 33.9 Å². The van der Waals surface area contributed by atoms with Gasteiger partial charge in [0.15, 0.2) is 0 Å². The molecule has 228 valence electrons. The molecule has 0 saturated carbocycles. The lowest BCUT2D eigenvalue weighted by molar-refractivity contribution is -0.147. The van der Waals surface area contributed by atoms with Crippen molar-refractivity contribution in [3.8, 4) is 0 Å². The van der Waals surface area contributed by atoms with Gasteiger partial charge in [0.2, 0.25) is 23.6 Å². The zero-order valence-electron chi connectivity index (χ0n) is 23.1. The number of amides is 4. The van der Waals surface area contributed by atoms with Crippen molar-refractivity contribution in [1.29, 1.82) is 0 Å². The van der Waals surface area contributed by atoms with Gasteiger partial charge in [-0.15, -0.1) is 0 Å². The summed E-state index contributed by atoms with van der Waals surface area (Å²) in [4.78, 5) is 76.9. The molecule has 0 radical (unpaired) electrons. The van der Waals surface area contributed by atoms with Gasteiger partial charge >= 0.3 is 11.9 Å². The summed E-state index contributed by atoms with van der Waals surface area (Å²) < 4.78 is 0. The third-order valence-corrected chi connectivity index (χ3v) is 6.68. The second-order valence-corrected chi connectivity index (χ2v) is 9.98. The Morgan fingerprint density at radius 1 is 0.767 bits per heavy atom. The maximum absolute atomic E-state index is 13.6. The summed E-state index contributed by atoms with van der Waals surface area (Å²) in [5.41, 5.74) is 13.1. The van der Waals surface area contributed by atoms with Crippen molar-refractivity contribution in [3.05, 3.63) is 71.9 Å². The topological polar surface area (TPSA) is 247 Å². The number of benzene rings is 2. The summed E-state index contributed by atoms with van der Waals surface area (Å²) in [5, 5.41) is 26.7. The Balaban J connectivity index is 1.89. The number of carbonyl (C=O) groups is 6. The Hall–Kier alpha value is -5.24. The van der Waals surface area contributed by atoms with Crippen LogP contribution in [0.3, 0.4) is 0 Å². The second-order valence-electron chi connectivity index (χ2n) is 9.98. The van der Waals surface area contributed by atoms with E-state index in [4.69, 9.17) is 16.6 Å². The molecular weight excluding hydrogens is 560 g/mol. The van der Waals surface area contributed by atoms with E-state index in [-0.39, 0.29) is 25.7 Å². The van der Waals surface area contributed by atoms with Crippen molar-refractivity contribution in [2.45, 2.75) is 56.3 Å². The first-order valence-electron chi connectivity index (χ1n) is 13.4. The second kappa shape index (κ2) is 15.1. The molecule has 10 N–H and O–H groups in total. The number of para-hydroxylation sites is 1. The Kier molecular flexibility index (Phi) is 11.3. The average Bonchev–Trinajstić information content (AvgIpc) is 3.37. The maximum atomic E-state index is 13.6. The van der Waals surface area contributed by atoms with Gasteiger partial charge in [0, 0.05) is 36.4 Å². The summed E-state index contributed by atoms with van der Waals surface area (Å²) >= 11 is 0.